The van der Waals surface area contributed by atoms with Gasteiger partial charge in [-0.25, -0.2) is 0 Å². The molecule has 4 nitrogen and oxygen atoms in total. The number of carboxylic acids is 1. The third-order valence-electron chi connectivity index (χ3n) is 4.79. The molecule has 3 rings (SSSR count). The van der Waals surface area contributed by atoms with E-state index in [1.54, 1.807) is 0 Å². The minimum Gasteiger partial charge on any atom is -0.481 e. The molecule has 2 aliphatic rings. The standard InChI is InChI=1S/C17H23NO3/c1-2-18(16-11-21-10-15(16)17(19)20)9-12-6-7-13-4-3-5-14(13)8-12/h6-8,15-16H,2-5,9-11H2,1H3,(H,19,20). The minimum atomic E-state index is -0.745. The highest BCUT2D eigenvalue weighted by molar-refractivity contribution is 5.71. The quantitative estimate of drug-likeness (QED) is 0.902. The molecule has 2 atom stereocenters. The maximum atomic E-state index is 11.3. The number of ether oxygens (including phenoxy) is 1. The third kappa shape index (κ3) is 2.97. The molecule has 0 spiro atoms. The molecule has 1 aliphatic carbocycles. The summed E-state index contributed by atoms with van der Waals surface area (Å²) in [5, 5.41) is 9.31. The summed E-state index contributed by atoms with van der Waals surface area (Å²) in [6.07, 6.45) is 3.64. The topological polar surface area (TPSA) is 49.8 Å². The van der Waals surface area contributed by atoms with Gasteiger partial charge >= 0.3 is 5.97 Å². The van der Waals surface area contributed by atoms with Crippen LogP contribution >= 0.6 is 0 Å². The number of carbonyl (C=O) groups is 1. The lowest BCUT2D eigenvalue weighted by atomic mass is 10.0. The Kier molecular flexibility index (Phi) is 4.27. The van der Waals surface area contributed by atoms with Gasteiger partial charge in [0.25, 0.3) is 0 Å². The molecule has 1 N–H and O–H groups in total. The van der Waals surface area contributed by atoms with Gasteiger partial charge in [0.2, 0.25) is 0 Å². The van der Waals surface area contributed by atoms with Crippen molar-refractivity contribution in [2.45, 2.75) is 38.8 Å². The average Bonchev–Trinajstić information content (AvgIpc) is 3.12. The van der Waals surface area contributed by atoms with Crippen LogP contribution in [0.4, 0.5) is 0 Å². The normalized spacial score (nSPS) is 24.5. The van der Waals surface area contributed by atoms with E-state index in [1.165, 1.54) is 36.0 Å². The number of nitrogens with zero attached hydrogens (tertiary/aromatic N) is 1. The molecule has 0 saturated carbocycles. The van der Waals surface area contributed by atoms with Gasteiger partial charge in [0, 0.05) is 12.6 Å². The predicted octanol–water partition coefficient (Wildman–Crippen LogP) is 2.10. The zero-order chi connectivity index (χ0) is 14.8. The van der Waals surface area contributed by atoms with Crippen molar-refractivity contribution >= 4 is 5.97 Å². The summed E-state index contributed by atoms with van der Waals surface area (Å²) >= 11 is 0. The van der Waals surface area contributed by atoms with E-state index in [1.807, 2.05) is 0 Å². The molecular weight excluding hydrogens is 266 g/mol. The highest BCUT2D eigenvalue weighted by Crippen LogP contribution is 2.25. The molecule has 2 unspecified atom stereocenters. The maximum Gasteiger partial charge on any atom is 0.310 e. The first-order valence-electron chi connectivity index (χ1n) is 7.84. The Balaban J connectivity index is 1.73. The predicted molar refractivity (Wildman–Crippen MR) is 80.3 cm³/mol. The number of hydrogen-bond donors (Lipinski definition) is 1. The molecule has 4 heteroatoms. The van der Waals surface area contributed by atoms with Gasteiger partial charge in [-0.3, -0.25) is 9.69 Å². The molecule has 1 fully saturated rings. The van der Waals surface area contributed by atoms with Crippen molar-refractivity contribution < 1.29 is 14.6 Å². The zero-order valence-corrected chi connectivity index (χ0v) is 12.5. The van der Waals surface area contributed by atoms with Crippen LogP contribution in [0.3, 0.4) is 0 Å². The zero-order valence-electron chi connectivity index (χ0n) is 12.5. The monoisotopic (exact) mass is 289 g/mol. The fraction of sp³-hybridized carbons (Fsp3) is 0.588. The summed E-state index contributed by atoms with van der Waals surface area (Å²) in [6, 6.07) is 6.72. The van der Waals surface area contributed by atoms with E-state index in [9.17, 15) is 9.90 Å². The lowest BCUT2D eigenvalue weighted by Crippen LogP contribution is -2.42. The average molecular weight is 289 g/mol. The maximum absolute atomic E-state index is 11.3. The van der Waals surface area contributed by atoms with E-state index in [0.717, 1.165) is 13.1 Å². The van der Waals surface area contributed by atoms with Crippen molar-refractivity contribution in [1.82, 2.24) is 4.90 Å². The number of likely N-dealkylation sites (N-methyl/N-ethyl adjacent to an activating group) is 1. The fourth-order valence-electron chi connectivity index (χ4n) is 3.56. The van der Waals surface area contributed by atoms with E-state index < -0.39 is 11.9 Å². The fourth-order valence-corrected chi connectivity index (χ4v) is 3.56. The summed E-state index contributed by atoms with van der Waals surface area (Å²) < 4.78 is 5.40. The number of benzene rings is 1. The van der Waals surface area contributed by atoms with E-state index >= 15 is 0 Å². The second-order valence-corrected chi connectivity index (χ2v) is 6.07. The van der Waals surface area contributed by atoms with Crippen LogP contribution in [-0.2, 0) is 28.9 Å². The van der Waals surface area contributed by atoms with Crippen LogP contribution in [0.5, 0.6) is 0 Å². The van der Waals surface area contributed by atoms with Gasteiger partial charge in [0.15, 0.2) is 0 Å². The smallest absolute Gasteiger partial charge is 0.310 e. The van der Waals surface area contributed by atoms with Gasteiger partial charge in [-0.2, -0.15) is 0 Å². The summed E-state index contributed by atoms with van der Waals surface area (Å²) in [4.78, 5) is 13.6. The summed E-state index contributed by atoms with van der Waals surface area (Å²) in [5.74, 6) is -1.15. The molecule has 0 aromatic heterocycles. The van der Waals surface area contributed by atoms with E-state index in [-0.39, 0.29) is 6.04 Å². The van der Waals surface area contributed by atoms with Gasteiger partial charge in [0.1, 0.15) is 0 Å². The van der Waals surface area contributed by atoms with E-state index in [2.05, 4.69) is 30.0 Å². The molecule has 0 amide bonds. The lowest BCUT2D eigenvalue weighted by Gasteiger charge is -2.29. The van der Waals surface area contributed by atoms with Crippen molar-refractivity contribution in [3.05, 3.63) is 34.9 Å². The molecule has 21 heavy (non-hydrogen) atoms. The summed E-state index contributed by atoms with van der Waals surface area (Å²) in [6.45, 7) is 4.59. The molecule has 1 aromatic rings. The first-order chi connectivity index (χ1) is 10.2. The Bertz CT molecular complexity index is 529. The third-order valence-corrected chi connectivity index (χ3v) is 4.79. The number of rotatable bonds is 5. The van der Waals surface area contributed by atoms with Crippen LogP contribution in [0.1, 0.15) is 30.0 Å². The Hall–Kier alpha value is -1.39. The molecule has 1 aliphatic heterocycles. The molecule has 114 valence electrons. The van der Waals surface area contributed by atoms with Crippen molar-refractivity contribution in [3.63, 3.8) is 0 Å². The summed E-state index contributed by atoms with van der Waals surface area (Å²) in [5.41, 5.74) is 4.24. The van der Waals surface area contributed by atoms with Crippen molar-refractivity contribution in [1.29, 1.82) is 0 Å². The Morgan fingerprint density at radius 1 is 1.33 bits per heavy atom. The number of aliphatic carboxylic acids is 1. The second-order valence-electron chi connectivity index (χ2n) is 6.07. The van der Waals surface area contributed by atoms with Crippen molar-refractivity contribution in [2.24, 2.45) is 5.92 Å². The number of aryl methyl sites for hydroxylation is 2. The highest BCUT2D eigenvalue weighted by Gasteiger charge is 2.37. The Labute approximate surface area is 125 Å². The highest BCUT2D eigenvalue weighted by atomic mass is 16.5. The van der Waals surface area contributed by atoms with Crippen LogP contribution in [0.25, 0.3) is 0 Å². The molecule has 1 saturated heterocycles. The van der Waals surface area contributed by atoms with Gasteiger partial charge in [-0.15, -0.1) is 0 Å². The van der Waals surface area contributed by atoms with Crippen LogP contribution < -0.4 is 0 Å². The first-order valence-corrected chi connectivity index (χ1v) is 7.84. The Morgan fingerprint density at radius 3 is 2.90 bits per heavy atom. The molecule has 1 heterocycles. The largest absolute Gasteiger partial charge is 0.481 e. The van der Waals surface area contributed by atoms with Crippen molar-refractivity contribution in [2.75, 3.05) is 19.8 Å². The summed E-state index contributed by atoms with van der Waals surface area (Å²) in [7, 11) is 0. The van der Waals surface area contributed by atoms with Crippen LogP contribution in [0.2, 0.25) is 0 Å². The van der Waals surface area contributed by atoms with E-state index in [4.69, 9.17) is 4.74 Å². The molecule has 0 bridgehead atoms. The van der Waals surface area contributed by atoms with Crippen molar-refractivity contribution in [3.8, 4) is 0 Å². The molecular formula is C17H23NO3. The van der Waals surface area contributed by atoms with Crippen LogP contribution in [-0.4, -0.2) is 41.8 Å². The van der Waals surface area contributed by atoms with Gasteiger partial charge in [-0.05, 0) is 42.5 Å². The SMILES string of the molecule is CCN(Cc1ccc2c(c1)CCC2)C1COCC1C(=O)O. The van der Waals surface area contributed by atoms with E-state index in [0.29, 0.717) is 13.2 Å². The van der Waals surface area contributed by atoms with Gasteiger partial charge in [0.05, 0.1) is 19.1 Å². The molecule has 0 radical (unpaired) electrons. The molecule has 1 aromatic carbocycles. The van der Waals surface area contributed by atoms with Crippen LogP contribution in [0, 0.1) is 5.92 Å². The first kappa shape index (κ1) is 14.5. The minimum absolute atomic E-state index is 0.0132. The van der Waals surface area contributed by atoms with Gasteiger partial charge in [-0.1, -0.05) is 25.1 Å². The number of carboxylic acid groups (broad SMARTS) is 1. The van der Waals surface area contributed by atoms with Gasteiger partial charge < -0.3 is 9.84 Å². The second kappa shape index (κ2) is 6.16. The number of fused-ring (bicyclic) bond motifs is 1. The lowest BCUT2D eigenvalue weighted by molar-refractivity contribution is -0.143. The number of hydrogen-bond acceptors (Lipinski definition) is 3. The Morgan fingerprint density at radius 2 is 2.14 bits per heavy atom. The van der Waals surface area contributed by atoms with Crippen LogP contribution in [0.15, 0.2) is 18.2 Å².